The van der Waals surface area contributed by atoms with E-state index in [1.54, 1.807) is 6.92 Å². The van der Waals surface area contributed by atoms with E-state index in [1.807, 2.05) is 0 Å². The Hall–Kier alpha value is -1.71. The Kier molecular flexibility index (Phi) is 3.55. The second-order valence-electron chi connectivity index (χ2n) is 2.96. The second-order valence-corrected chi connectivity index (χ2v) is 2.96. The van der Waals surface area contributed by atoms with Gasteiger partial charge in [0.2, 0.25) is 0 Å². The summed E-state index contributed by atoms with van der Waals surface area (Å²) in [5, 5.41) is 8.70. The summed E-state index contributed by atoms with van der Waals surface area (Å²) in [5.41, 5.74) is -0.337. The highest BCUT2D eigenvalue weighted by Crippen LogP contribution is 2.17. The molecule has 4 heteroatoms. The Bertz CT molecular complexity index is 391. The van der Waals surface area contributed by atoms with Crippen molar-refractivity contribution >= 4 is 12.0 Å². The van der Waals surface area contributed by atoms with Gasteiger partial charge in [0.1, 0.15) is 11.6 Å². The van der Waals surface area contributed by atoms with Gasteiger partial charge in [0.25, 0.3) is 0 Å². The highest BCUT2D eigenvalue weighted by atomic mass is 19.1. The molecule has 0 heterocycles. The van der Waals surface area contributed by atoms with Gasteiger partial charge >= 0.3 is 5.97 Å². The predicted molar refractivity (Wildman–Crippen MR) is 52.3 cm³/mol. The van der Waals surface area contributed by atoms with Crippen LogP contribution in [-0.4, -0.2) is 11.1 Å². The van der Waals surface area contributed by atoms with Crippen LogP contribution >= 0.6 is 0 Å². The van der Waals surface area contributed by atoms with Gasteiger partial charge in [-0.3, -0.25) is 0 Å². The van der Waals surface area contributed by atoms with Crippen molar-refractivity contribution in [2.45, 2.75) is 13.3 Å². The zero-order valence-electron chi connectivity index (χ0n) is 8.13. The van der Waals surface area contributed by atoms with E-state index in [1.165, 1.54) is 6.07 Å². The van der Waals surface area contributed by atoms with Crippen LogP contribution in [-0.2, 0) is 4.79 Å². The first-order valence-electron chi connectivity index (χ1n) is 4.44. The van der Waals surface area contributed by atoms with Crippen LogP contribution in [0.2, 0.25) is 0 Å². The molecule has 15 heavy (non-hydrogen) atoms. The molecule has 1 N–H and O–H groups in total. The van der Waals surface area contributed by atoms with E-state index >= 15 is 0 Å². The lowest BCUT2D eigenvalue weighted by Gasteiger charge is -2.01. The smallest absolute Gasteiger partial charge is 0.331 e. The Balaban J connectivity index is 3.22. The minimum atomic E-state index is -1.17. The van der Waals surface area contributed by atoms with Gasteiger partial charge < -0.3 is 5.11 Å². The quantitative estimate of drug-likeness (QED) is 0.782. The number of benzene rings is 1. The summed E-state index contributed by atoms with van der Waals surface area (Å²) < 4.78 is 26.3. The van der Waals surface area contributed by atoms with E-state index in [2.05, 4.69) is 0 Å². The van der Waals surface area contributed by atoms with Crippen molar-refractivity contribution in [2.75, 3.05) is 0 Å². The summed E-state index contributed by atoms with van der Waals surface area (Å²) in [6.45, 7) is 1.61. The molecule has 0 aromatic heterocycles. The number of carboxylic acids is 1. The molecule has 0 unspecified atom stereocenters. The first-order valence-corrected chi connectivity index (χ1v) is 4.44. The summed E-state index contributed by atoms with van der Waals surface area (Å²) in [6, 6.07) is 3.41. The molecule has 0 saturated carbocycles. The van der Waals surface area contributed by atoms with Crippen LogP contribution < -0.4 is 0 Å². The molecule has 1 aromatic carbocycles. The van der Waals surface area contributed by atoms with Crippen LogP contribution in [0.25, 0.3) is 6.08 Å². The summed E-state index contributed by atoms with van der Waals surface area (Å²) in [6.07, 6.45) is 1.23. The number of hydrogen-bond acceptors (Lipinski definition) is 1. The summed E-state index contributed by atoms with van der Waals surface area (Å²) in [5.74, 6) is -2.69. The number of halogens is 2. The Morgan fingerprint density at radius 2 is 1.93 bits per heavy atom. The first-order chi connectivity index (χ1) is 7.06. The van der Waals surface area contributed by atoms with E-state index in [0.29, 0.717) is 0 Å². The Morgan fingerprint density at radius 3 is 2.33 bits per heavy atom. The van der Waals surface area contributed by atoms with Gasteiger partial charge in [-0.2, -0.15) is 0 Å². The predicted octanol–water partition coefficient (Wildman–Crippen LogP) is 2.84. The largest absolute Gasteiger partial charge is 0.478 e. The maximum Gasteiger partial charge on any atom is 0.331 e. The van der Waals surface area contributed by atoms with Crippen LogP contribution in [0.15, 0.2) is 23.8 Å². The van der Waals surface area contributed by atoms with Crippen molar-refractivity contribution in [3.05, 3.63) is 41.0 Å². The van der Waals surface area contributed by atoms with Gasteiger partial charge in [0.05, 0.1) is 0 Å². The molecule has 0 saturated heterocycles. The van der Waals surface area contributed by atoms with Crippen LogP contribution in [0.4, 0.5) is 8.78 Å². The van der Waals surface area contributed by atoms with E-state index in [-0.39, 0.29) is 17.6 Å². The van der Waals surface area contributed by atoms with Gasteiger partial charge in [0.15, 0.2) is 0 Å². The molecular weight excluding hydrogens is 202 g/mol. The Labute approximate surface area is 85.9 Å². The summed E-state index contributed by atoms with van der Waals surface area (Å²) >= 11 is 0. The van der Waals surface area contributed by atoms with E-state index in [0.717, 1.165) is 18.2 Å². The van der Waals surface area contributed by atoms with Crippen molar-refractivity contribution in [1.29, 1.82) is 0 Å². The number of aliphatic carboxylic acids is 1. The van der Waals surface area contributed by atoms with Crippen molar-refractivity contribution in [2.24, 2.45) is 0 Å². The number of hydrogen-bond donors (Lipinski definition) is 1. The fraction of sp³-hybridized carbons (Fsp3) is 0.182. The maximum absolute atomic E-state index is 13.1. The third-order valence-corrected chi connectivity index (χ3v) is 1.97. The van der Waals surface area contributed by atoms with Crippen molar-refractivity contribution < 1.29 is 18.7 Å². The molecule has 0 amide bonds. The molecule has 0 radical (unpaired) electrons. The van der Waals surface area contributed by atoms with E-state index in [9.17, 15) is 13.6 Å². The molecule has 0 spiro atoms. The van der Waals surface area contributed by atoms with Crippen molar-refractivity contribution in [1.82, 2.24) is 0 Å². The lowest BCUT2D eigenvalue weighted by molar-refractivity contribution is -0.132. The molecular formula is C11H10F2O2. The van der Waals surface area contributed by atoms with Gasteiger partial charge in [-0.15, -0.1) is 0 Å². The zero-order chi connectivity index (χ0) is 11.4. The van der Waals surface area contributed by atoms with Crippen LogP contribution in [0.1, 0.15) is 18.9 Å². The second kappa shape index (κ2) is 4.68. The third kappa shape index (κ3) is 2.62. The molecule has 1 aromatic rings. The molecule has 0 aliphatic carbocycles. The molecule has 80 valence electrons. The van der Waals surface area contributed by atoms with E-state index < -0.39 is 17.6 Å². The normalized spacial score (nSPS) is 11.5. The SMILES string of the molecule is CCC(=Cc1c(F)cccc1F)C(=O)O. The van der Waals surface area contributed by atoms with Crippen LogP contribution in [0.3, 0.4) is 0 Å². The number of rotatable bonds is 3. The highest BCUT2D eigenvalue weighted by Gasteiger charge is 2.10. The first kappa shape index (κ1) is 11.4. The van der Waals surface area contributed by atoms with Gasteiger partial charge in [-0.1, -0.05) is 13.0 Å². The van der Waals surface area contributed by atoms with Gasteiger partial charge in [0, 0.05) is 11.1 Å². The molecule has 0 aliphatic heterocycles. The zero-order valence-corrected chi connectivity index (χ0v) is 8.13. The van der Waals surface area contributed by atoms with Crippen LogP contribution in [0.5, 0.6) is 0 Å². The van der Waals surface area contributed by atoms with Crippen molar-refractivity contribution in [3.8, 4) is 0 Å². The lowest BCUT2D eigenvalue weighted by Crippen LogP contribution is -2.00. The van der Waals surface area contributed by atoms with Gasteiger partial charge in [-0.25, -0.2) is 13.6 Å². The average Bonchev–Trinajstić information content (AvgIpc) is 2.17. The topological polar surface area (TPSA) is 37.3 Å². The molecule has 0 bridgehead atoms. The molecule has 0 fully saturated rings. The minimum Gasteiger partial charge on any atom is -0.478 e. The number of carboxylic acid groups (broad SMARTS) is 1. The summed E-state index contributed by atoms with van der Waals surface area (Å²) in [4.78, 5) is 10.6. The fourth-order valence-corrected chi connectivity index (χ4v) is 1.14. The summed E-state index contributed by atoms with van der Waals surface area (Å²) in [7, 11) is 0. The third-order valence-electron chi connectivity index (χ3n) is 1.97. The van der Waals surface area contributed by atoms with E-state index in [4.69, 9.17) is 5.11 Å². The minimum absolute atomic E-state index is 0.0287. The lowest BCUT2D eigenvalue weighted by atomic mass is 10.1. The molecule has 2 nitrogen and oxygen atoms in total. The molecule has 1 rings (SSSR count). The Morgan fingerprint density at radius 1 is 1.40 bits per heavy atom. The molecule has 0 aliphatic rings. The van der Waals surface area contributed by atoms with Gasteiger partial charge in [-0.05, 0) is 24.6 Å². The number of carbonyl (C=O) groups is 1. The average molecular weight is 212 g/mol. The molecule has 0 atom stereocenters. The maximum atomic E-state index is 13.1. The standard InChI is InChI=1S/C11H10F2O2/c1-2-7(11(14)15)6-8-9(12)4-3-5-10(8)13/h3-6H,2H2,1H3,(H,14,15). The monoisotopic (exact) mass is 212 g/mol. The van der Waals surface area contributed by atoms with Crippen LogP contribution in [0, 0.1) is 11.6 Å². The van der Waals surface area contributed by atoms with Crippen molar-refractivity contribution in [3.63, 3.8) is 0 Å². The highest BCUT2D eigenvalue weighted by molar-refractivity contribution is 5.92. The fourth-order valence-electron chi connectivity index (χ4n) is 1.14.